The molecule has 0 aromatic rings. The van der Waals surface area contributed by atoms with Gasteiger partial charge < -0.3 is 10.0 Å². The molecule has 0 aliphatic carbocycles. The molecule has 0 radical (unpaired) electrons. The first kappa shape index (κ1) is 11.0. The van der Waals surface area contributed by atoms with Gasteiger partial charge in [-0.25, -0.2) is 4.79 Å². The zero-order valence-corrected chi connectivity index (χ0v) is 7.63. The third-order valence-electron chi connectivity index (χ3n) is 1.64. The van der Waals surface area contributed by atoms with Crippen LogP contribution in [0, 0.1) is 11.8 Å². The fraction of sp³-hybridized carbons (Fsp3) is 0.667. The molecule has 0 heterocycles. The van der Waals surface area contributed by atoms with E-state index < -0.39 is 5.97 Å². The highest BCUT2D eigenvalue weighted by Crippen LogP contribution is 1.88. The SMILES string of the molecule is CCN(CC)CCC#CC(=O)O. The third kappa shape index (κ3) is 5.75. The van der Waals surface area contributed by atoms with Crippen LogP contribution in [0.25, 0.3) is 0 Å². The number of carboxylic acids is 1. The van der Waals surface area contributed by atoms with E-state index in [0.29, 0.717) is 6.42 Å². The van der Waals surface area contributed by atoms with Crippen LogP contribution < -0.4 is 0 Å². The van der Waals surface area contributed by atoms with Crippen LogP contribution in [0.15, 0.2) is 0 Å². The van der Waals surface area contributed by atoms with Crippen molar-refractivity contribution in [1.29, 1.82) is 0 Å². The van der Waals surface area contributed by atoms with Crippen LogP contribution in [0.2, 0.25) is 0 Å². The van der Waals surface area contributed by atoms with Crippen molar-refractivity contribution in [2.45, 2.75) is 20.3 Å². The lowest BCUT2D eigenvalue weighted by atomic mass is 10.3. The molecule has 0 rings (SSSR count). The minimum atomic E-state index is -1.05. The molecular weight excluding hydrogens is 154 g/mol. The van der Waals surface area contributed by atoms with Gasteiger partial charge in [-0.15, -0.1) is 0 Å². The Kier molecular flexibility index (Phi) is 6.12. The van der Waals surface area contributed by atoms with E-state index in [1.54, 1.807) is 0 Å². The maximum atomic E-state index is 10.00. The average Bonchev–Trinajstić information content (AvgIpc) is 2.04. The maximum Gasteiger partial charge on any atom is 0.381 e. The van der Waals surface area contributed by atoms with Gasteiger partial charge in [0.05, 0.1) is 0 Å². The van der Waals surface area contributed by atoms with E-state index in [0.717, 1.165) is 19.6 Å². The first-order chi connectivity index (χ1) is 5.70. The van der Waals surface area contributed by atoms with E-state index in [1.807, 2.05) is 0 Å². The van der Waals surface area contributed by atoms with Crippen molar-refractivity contribution in [3.05, 3.63) is 0 Å². The van der Waals surface area contributed by atoms with Crippen molar-refractivity contribution < 1.29 is 9.90 Å². The molecule has 68 valence electrons. The van der Waals surface area contributed by atoms with E-state index in [9.17, 15) is 4.79 Å². The Morgan fingerprint density at radius 3 is 2.42 bits per heavy atom. The number of aliphatic carboxylic acids is 1. The molecule has 0 atom stereocenters. The molecule has 0 fully saturated rings. The molecule has 0 bridgehead atoms. The van der Waals surface area contributed by atoms with E-state index in [-0.39, 0.29) is 0 Å². The summed E-state index contributed by atoms with van der Waals surface area (Å²) in [5.41, 5.74) is 0. The lowest BCUT2D eigenvalue weighted by Gasteiger charge is -2.15. The Morgan fingerprint density at radius 1 is 1.42 bits per heavy atom. The van der Waals surface area contributed by atoms with E-state index in [4.69, 9.17) is 5.11 Å². The number of hydrogen-bond acceptors (Lipinski definition) is 2. The molecule has 0 aliphatic heterocycles. The number of carbonyl (C=O) groups is 1. The summed E-state index contributed by atoms with van der Waals surface area (Å²) in [6.45, 7) is 6.99. The predicted octanol–water partition coefficient (Wildman–Crippen LogP) is 0.806. The van der Waals surface area contributed by atoms with Crippen LogP contribution in [0.1, 0.15) is 20.3 Å². The van der Waals surface area contributed by atoms with Gasteiger partial charge in [0.25, 0.3) is 0 Å². The number of hydrogen-bond donors (Lipinski definition) is 1. The molecule has 0 spiro atoms. The van der Waals surface area contributed by atoms with E-state index in [2.05, 4.69) is 30.6 Å². The number of rotatable bonds is 4. The smallest absolute Gasteiger partial charge is 0.381 e. The number of carboxylic acid groups (broad SMARTS) is 1. The van der Waals surface area contributed by atoms with Gasteiger partial charge in [-0.05, 0) is 13.1 Å². The monoisotopic (exact) mass is 169 g/mol. The first-order valence-corrected chi connectivity index (χ1v) is 4.14. The van der Waals surface area contributed by atoms with Crippen molar-refractivity contribution in [2.75, 3.05) is 19.6 Å². The van der Waals surface area contributed by atoms with Crippen LogP contribution in [0.5, 0.6) is 0 Å². The van der Waals surface area contributed by atoms with Gasteiger partial charge in [-0.1, -0.05) is 19.8 Å². The molecule has 1 N–H and O–H groups in total. The molecule has 0 saturated carbocycles. The fourth-order valence-corrected chi connectivity index (χ4v) is 0.892. The van der Waals surface area contributed by atoms with Crippen LogP contribution in [-0.2, 0) is 4.79 Å². The molecule has 0 unspecified atom stereocenters. The van der Waals surface area contributed by atoms with Crippen LogP contribution >= 0.6 is 0 Å². The maximum absolute atomic E-state index is 10.00. The summed E-state index contributed by atoms with van der Waals surface area (Å²) < 4.78 is 0. The molecule has 12 heavy (non-hydrogen) atoms. The highest BCUT2D eigenvalue weighted by molar-refractivity contribution is 5.86. The topological polar surface area (TPSA) is 40.5 Å². The fourth-order valence-electron chi connectivity index (χ4n) is 0.892. The van der Waals surface area contributed by atoms with E-state index >= 15 is 0 Å². The minimum absolute atomic E-state index is 0.633. The Hall–Kier alpha value is -1.01. The highest BCUT2D eigenvalue weighted by atomic mass is 16.4. The quantitative estimate of drug-likeness (QED) is 0.633. The summed E-state index contributed by atoms with van der Waals surface area (Å²) in [6.07, 6.45) is 0.633. The van der Waals surface area contributed by atoms with Crippen molar-refractivity contribution in [1.82, 2.24) is 4.90 Å². The van der Waals surface area contributed by atoms with Gasteiger partial charge in [-0.2, -0.15) is 0 Å². The molecule has 0 saturated heterocycles. The minimum Gasteiger partial charge on any atom is -0.472 e. The second-order valence-electron chi connectivity index (χ2n) is 2.38. The lowest BCUT2D eigenvalue weighted by molar-refractivity contribution is -0.130. The second kappa shape index (κ2) is 6.68. The average molecular weight is 169 g/mol. The van der Waals surface area contributed by atoms with Gasteiger partial charge in [0.15, 0.2) is 0 Å². The summed E-state index contributed by atoms with van der Waals surface area (Å²) in [5.74, 6) is 3.64. The van der Waals surface area contributed by atoms with Crippen molar-refractivity contribution in [3.8, 4) is 11.8 Å². The molecule has 0 aromatic carbocycles. The predicted molar refractivity (Wildman–Crippen MR) is 47.8 cm³/mol. The summed E-state index contributed by atoms with van der Waals surface area (Å²) in [4.78, 5) is 12.2. The first-order valence-electron chi connectivity index (χ1n) is 4.14. The highest BCUT2D eigenvalue weighted by Gasteiger charge is 1.95. The number of nitrogens with zero attached hydrogens (tertiary/aromatic N) is 1. The van der Waals surface area contributed by atoms with Crippen molar-refractivity contribution in [2.24, 2.45) is 0 Å². The normalized spacial score (nSPS) is 9.25. The molecule has 3 nitrogen and oxygen atoms in total. The standard InChI is InChI=1S/C9H15NO2/c1-3-10(4-2)8-6-5-7-9(11)12/h3-4,6,8H2,1-2H3,(H,11,12). The molecule has 3 heteroatoms. The lowest BCUT2D eigenvalue weighted by Crippen LogP contribution is -2.23. The molecular formula is C9H15NO2. The van der Waals surface area contributed by atoms with Crippen molar-refractivity contribution in [3.63, 3.8) is 0 Å². The zero-order valence-electron chi connectivity index (χ0n) is 7.63. The van der Waals surface area contributed by atoms with Gasteiger partial charge in [0, 0.05) is 18.9 Å². The summed E-state index contributed by atoms with van der Waals surface area (Å²) in [6, 6.07) is 0. The Balaban J connectivity index is 3.56. The van der Waals surface area contributed by atoms with Crippen molar-refractivity contribution >= 4 is 5.97 Å². The van der Waals surface area contributed by atoms with E-state index in [1.165, 1.54) is 0 Å². The second-order valence-corrected chi connectivity index (χ2v) is 2.38. The third-order valence-corrected chi connectivity index (χ3v) is 1.64. The summed E-state index contributed by atoms with van der Waals surface area (Å²) in [7, 11) is 0. The van der Waals surface area contributed by atoms with Gasteiger partial charge in [0.1, 0.15) is 0 Å². The Bertz CT molecular complexity index is 186. The Labute approximate surface area is 73.4 Å². The van der Waals surface area contributed by atoms with Gasteiger partial charge in [-0.3, -0.25) is 0 Å². The summed E-state index contributed by atoms with van der Waals surface area (Å²) >= 11 is 0. The van der Waals surface area contributed by atoms with Crippen LogP contribution in [0.4, 0.5) is 0 Å². The Morgan fingerprint density at radius 2 is 2.00 bits per heavy atom. The molecule has 0 aliphatic rings. The van der Waals surface area contributed by atoms with Gasteiger partial charge in [0.2, 0.25) is 0 Å². The van der Waals surface area contributed by atoms with Gasteiger partial charge >= 0.3 is 5.97 Å². The largest absolute Gasteiger partial charge is 0.472 e. The van der Waals surface area contributed by atoms with Crippen LogP contribution in [0.3, 0.4) is 0 Å². The van der Waals surface area contributed by atoms with Crippen LogP contribution in [-0.4, -0.2) is 35.6 Å². The summed E-state index contributed by atoms with van der Waals surface area (Å²) in [5, 5.41) is 8.21. The molecule has 0 aromatic heterocycles. The molecule has 0 amide bonds. The zero-order chi connectivity index (χ0) is 9.40.